The Morgan fingerprint density at radius 2 is 2.17 bits per heavy atom. The molecule has 0 radical (unpaired) electrons. The molecule has 0 aromatic carbocycles. The molecule has 0 bridgehead atoms. The molecule has 2 N–H and O–H groups in total. The van der Waals surface area contributed by atoms with Crippen molar-refractivity contribution in [3.05, 3.63) is 29.6 Å². The van der Waals surface area contributed by atoms with Gasteiger partial charge in [0.2, 0.25) is 5.91 Å². The van der Waals surface area contributed by atoms with Gasteiger partial charge >= 0.3 is 0 Å². The lowest BCUT2D eigenvalue weighted by Crippen LogP contribution is -2.44. The number of aromatic nitrogens is 1. The Morgan fingerprint density at radius 3 is 2.67 bits per heavy atom. The zero-order valence-electron chi connectivity index (χ0n) is 11.7. The molecule has 1 heterocycles. The Morgan fingerprint density at radius 1 is 1.50 bits per heavy atom. The van der Waals surface area contributed by atoms with Crippen LogP contribution in [0.4, 0.5) is 0 Å². The van der Waals surface area contributed by atoms with Crippen molar-refractivity contribution in [1.29, 1.82) is 0 Å². The molecule has 0 fully saturated rings. The molecule has 0 aliphatic rings. The van der Waals surface area contributed by atoms with Gasteiger partial charge in [-0.1, -0.05) is 13.0 Å². The SMILES string of the molecule is CCC(C)(CN)C(=O)N(C)Cc1cccc(C)n1. The van der Waals surface area contributed by atoms with Gasteiger partial charge < -0.3 is 10.6 Å². The van der Waals surface area contributed by atoms with Gasteiger partial charge in [-0.2, -0.15) is 0 Å². The van der Waals surface area contributed by atoms with Crippen LogP contribution < -0.4 is 5.73 Å². The van der Waals surface area contributed by atoms with Crippen molar-refractivity contribution in [2.24, 2.45) is 11.1 Å². The highest BCUT2D eigenvalue weighted by Gasteiger charge is 2.32. The van der Waals surface area contributed by atoms with Crippen LogP contribution in [0.1, 0.15) is 31.7 Å². The third kappa shape index (κ3) is 3.29. The Bertz CT molecular complexity index is 413. The van der Waals surface area contributed by atoms with E-state index >= 15 is 0 Å². The summed E-state index contributed by atoms with van der Waals surface area (Å²) in [6.45, 7) is 6.74. The average molecular weight is 249 g/mol. The van der Waals surface area contributed by atoms with Gasteiger partial charge in [0.05, 0.1) is 17.7 Å². The van der Waals surface area contributed by atoms with Gasteiger partial charge in [0.25, 0.3) is 0 Å². The standard InChI is InChI=1S/C14H23N3O/c1-5-14(3,10-15)13(18)17(4)9-12-8-6-7-11(2)16-12/h6-8H,5,9-10,15H2,1-4H3. The van der Waals surface area contributed by atoms with E-state index in [0.29, 0.717) is 13.1 Å². The zero-order valence-corrected chi connectivity index (χ0v) is 11.7. The molecular formula is C14H23N3O. The fourth-order valence-corrected chi connectivity index (χ4v) is 1.85. The lowest BCUT2D eigenvalue weighted by atomic mass is 9.86. The third-order valence-corrected chi connectivity index (χ3v) is 3.44. The fourth-order valence-electron chi connectivity index (χ4n) is 1.85. The Hall–Kier alpha value is -1.42. The third-order valence-electron chi connectivity index (χ3n) is 3.44. The maximum absolute atomic E-state index is 12.3. The summed E-state index contributed by atoms with van der Waals surface area (Å²) in [7, 11) is 1.80. The summed E-state index contributed by atoms with van der Waals surface area (Å²) in [6, 6.07) is 5.84. The van der Waals surface area contributed by atoms with Crippen LogP contribution >= 0.6 is 0 Å². The number of amides is 1. The van der Waals surface area contributed by atoms with Crippen LogP contribution in [0, 0.1) is 12.3 Å². The van der Waals surface area contributed by atoms with Gasteiger partial charge in [0.1, 0.15) is 0 Å². The number of rotatable bonds is 5. The van der Waals surface area contributed by atoms with E-state index in [4.69, 9.17) is 5.73 Å². The molecule has 0 saturated heterocycles. The molecule has 4 nitrogen and oxygen atoms in total. The molecule has 1 rings (SSSR count). The van der Waals surface area contributed by atoms with Gasteiger partial charge in [-0.05, 0) is 32.4 Å². The minimum absolute atomic E-state index is 0.0795. The van der Waals surface area contributed by atoms with Gasteiger partial charge in [0, 0.05) is 19.3 Å². The number of hydrogen-bond acceptors (Lipinski definition) is 3. The van der Waals surface area contributed by atoms with E-state index in [1.807, 2.05) is 39.0 Å². The first kappa shape index (κ1) is 14.6. The average Bonchev–Trinajstić information content (AvgIpc) is 2.37. The summed E-state index contributed by atoms with van der Waals surface area (Å²) in [6.07, 6.45) is 0.744. The first-order valence-electron chi connectivity index (χ1n) is 6.31. The second kappa shape index (κ2) is 5.96. The van der Waals surface area contributed by atoms with Gasteiger partial charge in [-0.15, -0.1) is 0 Å². The molecule has 1 amide bonds. The molecule has 18 heavy (non-hydrogen) atoms. The van der Waals surface area contributed by atoms with E-state index in [9.17, 15) is 4.79 Å². The van der Waals surface area contributed by atoms with E-state index < -0.39 is 5.41 Å². The zero-order chi connectivity index (χ0) is 13.8. The quantitative estimate of drug-likeness (QED) is 0.864. The van der Waals surface area contributed by atoms with Crippen LogP contribution in [-0.2, 0) is 11.3 Å². The molecule has 0 spiro atoms. The van der Waals surface area contributed by atoms with Crippen molar-refractivity contribution >= 4 is 5.91 Å². The fraction of sp³-hybridized carbons (Fsp3) is 0.571. The topological polar surface area (TPSA) is 59.2 Å². The molecule has 0 aliphatic carbocycles. The number of aryl methyl sites for hydroxylation is 1. The maximum atomic E-state index is 12.3. The minimum Gasteiger partial charge on any atom is -0.339 e. The molecular weight excluding hydrogens is 226 g/mol. The smallest absolute Gasteiger partial charge is 0.229 e. The first-order chi connectivity index (χ1) is 8.42. The molecule has 100 valence electrons. The van der Waals surface area contributed by atoms with Gasteiger partial charge in [0.15, 0.2) is 0 Å². The van der Waals surface area contributed by atoms with Crippen LogP contribution in [0.25, 0.3) is 0 Å². The van der Waals surface area contributed by atoms with Crippen molar-refractivity contribution in [1.82, 2.24) is 9.88 Å². The summed E-state index contributed by atoms with van der Waals surface area (Å²) in [4.78, 5) is 18.4. The number of hydrogen-bond donors (Lipinski definition) is 1. The number of carbonyl (C=O) groups excluding carboxylic acids is 1. The van der Waals surface area contributed by atoms with E-state index in [2.05, 4.69) is 4.98 Å². The van der Waals surface area contributed by atoms with Crippen LogP contribution in [0.15, 0.2) is 18.2 Å². The van der Waals surface area contributed by atoms with E-state index in [1.165, 1.54) is 0 Å². The normalized spacial score (nSPS) is 14.1. The van der Waals surface area contributed by atoms with Crippen molar-refractivity contribution in [2.45, 2.75) is 33.7 Å². The van der Waals surface area contributed by atoms with Crippen molar-refractivity contribution in [3.63, 3.8) is 0 Å². The minimum atomic E-state index is -0.474. The summed E-state index contributed by atoms with van der Waals surface area (Å²) < 4.78 is 0. The molecule has 4 heteroatoms. The molecule has 1 atom stereocenters. The Kier molecular flexibility index (Phi) is 4.84. The van der Waals surface area contributed by atoms with Crippen molar-refractivity contribution < 1.29 is 4.79 Å². The molecule has 1 unspecified atom stereocenters. The van der Waals surface area contributed by atoms with Crippen LogP contribution in [0.2, 0.25) is 0 Å². The number of carbonyl (C=O) groups is 1. The maximum Gasteiger partial charge on any atom is 0.229 e. The lowest BCUT2D eigenvalue weighted by molar-refractivity contribution is -0.140. The Balaban J connectivity index is 2.77. The van der Waals surface area contributed by atoms with E-state index in [0.717, 1.165) is 17.8 Å². The first-order valence-corrected chi connectivity index (χ1v) is 6.31. The largest absolute Gasteiger partial charge is 0.339 e. The van der Waals surface area contributed by atoms with E-state index in [1.54, 1.807) is 11.9 Å². The summed E-state index contributed by atoms with van der Waals surface area (Å²) in [5.41, 5.74) is 7.10. The summed E-state index contributed by atoms with van der Waals surface area (Å²) in [5.74, 6) is 0.0795. The molecule has 0 saturated carbocycles. The lowest BCUT2D eigenvalue weighted by Gasteiger charge is -2.30. The van der Waals surface area contributed by atoms with Gasteiger partial charge in [-0.3, -0.25) is 9.78 Å². The highest BCUT2D eigenvalue weighted by molar-refractivity contribution is 5.82. The Labute approximate surface area is 109 Å². The van der Waals surface area contributed by atoms with Crippen molar-refractivity contribution in [2.75, 3.05) is 13.6 Å². The van der Waals surface area contributed by atoms with E-state index in [-0.39, 0.29) is 5.91 Å². The number of pyridine rings is 1. The molecule has 1 aromatic heterocycles. The predicted octanol–water partition coefficient (Wildman–Crippen LogP) is 1.72. The number of nitrogens with two attached hydrogens (primary N) is 1. The predicted molar refractivity (Wildman–Crippen MR) is 72.9 cm³/mol. The second-order valence-corrected chi connectivity index (χ2v) is 5.05. The van der Waals surface area contributed by atoms with Gasteiger partial charge in [-0.25, -0.2) is 0 Å². The summed E-state index contributed by atoms with van der Waals surface area (Å²) in [5, 5.41) is 0. The summed E-state index contributed by atoms with van der Waals surface area (Å²) >= 11 is 0. The van der Waals surface area contributed by atoms with Crippen LogP contribution in [0.5, 0.6) is 0 Å². The number of nitrogens with zero attached hydrogens (tertiary/aromatic N) is 2. The highest BCUT2D eigenvalue weighted by atomic mass is 16.2. The highest BCUT2D eigenvalue weighted by Crippen LogP contribution is 2.22. The molecule has 1 aromatic rings. The van der Waals surface area contributed by atoms with Crippen LogP contribution in [0.3, 0.4) is 0 Å². The van der Waals surface area contributed by atoms with Crippen LogP contribution in [-0.4, -0.2) is 29.4 Å². The molecule has 0 aliphatic heterocycles. The monoisotopic (exact) mass is 249 g/mol. The van der Waals surface area contributed by atoms with Crippen molar-refractivity contribution in [3.8, 4) is 0 Å². The second-order valence-electron chi connectivity index (χ2n) is 5.05.